The average Bonchev–Trinajstić information content (AvgIpc) is 2.58. The molecule has 0 atom stereocenters. The summed E-state index contributed by atoms with van der Waals surface area (Å²) in [5.41, 5.74) is 0.856. The van der Waals surface area contributed by atoms with Crippen LogP contribution < -0.4 is 4.72 Å². The van der Waals surface area contributed by atoms with Gasteiger partial charge in [-0.3, -0.25) is 0 Å². The maximum atomic E-state index is 12.0. The Bertz CT molecular complexity index is 472. The number of hydrogen-bond acceptors (Lipinski definition) is 5. The fraction of sp³-hybridized carbons (Fsp3) is 0.667. The summed E-state index contributed by atoms with van der Waals surface area (Å²) >= 11 is 1.35. The van der Waals surface area contributed by atoms with Gasteiger partial charge in [0.15, 0.2) is 5.13 Å². The van der Waals surface area contributed by atoms with Crippen LogP contribution >= 0.6 is 11.3 Å². The standard InChI is InChI=1S/C9H15N3O3S2/c1-7-8(2)16-9(10-7)11-17(13,14)12-3-5-15-6-4-12/h3-6H2,1-2H3,(H,10,11). The summed E-state index contributed by atoms with van der Waals surface area (Å²) in [5.74, 6) is 0. The van der Waals surface area contributed by atoms with E-state index >= 15 is 0 Å². The minimum absolute atomic E-state index is 0.388. The molecule has 1 aromatic rings. The molecule has 0 aliphatic carbocycles. The largest absolute Gasteiger partial charge is 0.379 e. The third-order valence-electron chi connectivity index (χ3n) is 2.55. The summed E-state index contributed by atoms with van der Waals surface area (Å²) in [7, 11) is -3.49. The predicted molar refractivity (Wildman–Crippen MR) is 66.5 cm³/mol. The Morgan fingerprint density at radius 1 is 1.35 bits per heavy atom. The van der Waals surface area contributed by atoms with Crippen molar-refractivity contribution in [3.8, 4) is 0 Å². The van der Waals surface area contributed by atoms with Crippen LogP contribution in [0.3, 0.4) is 0 Å². The van der Waals surface area contributed by atoms with E-state index in [1.54, 1.807) is 0 Å². The lowest BCUT2D eigenvalue weighted by Crippen LogP contribution is -2.43. The van der Waals surface area contributed by atoms with Gasteiger partial charge in [0.2, 0.25) is 0 Å². The highest BCUT2D eigenvalue weighted by atomic mass is 32.2. The van der Waals surface area contributed by atoms with Gasteiger partial charge in [-0.15, -0.1) is 11.3 Å². The molecule has 1 saturated heterocycles. The van der Waals surface area contributed by atoms with Crippen LogP contribution in [0.5, 0.6) is 0 Å². The lowest BCUT2D eigenvalue weighted by molar-refractivity contribution is 0.0733. The highest BCUT2D eigenvalue weighted by Gasteiger charge is 2.25. The van der Waals surface area contributed by atoms with Crippen molar-refractivity contribution in [3.63, 3.8) is 0 Å². The molecule has 1 aromatic heterocycles. The Morgan fingerprint density at radius 3 is 2.53 bits per heavy atom. The number of hydrogen-bond donors (Lipinski definition) is 1. The molecule has 2 rings (SSSR count). The molecule has 1 fully saturated rings. The van der Waals surface area contributed by atoms with E-state index in [9.17, 15) is 8.42 Å². The van der Waals surface area contributed by atoms with Gasteiger partial charge in [-0.2, -0.15) is 12.7 Å². The van der Waals surface area contributed by atoms with Gasteiger partial charge < -0.3 is 4.74 Å². The molecule has 0 saturated carbocycles. The van der Waals surface area contributed by atoms with Crippen LogP contribution in [-0.2, 0) is 14.9 Å². The van der Waals surface area contributed by atoms with Crippen LogP contribution in [-0.4, -0.2) is 44.0 Å². The number of aromatic nitrogens is 1. The molecule has 8 heteroatoms. The first kappa shape index (κ1) is 12.7. The van der Waals surface area contributed by atoms with Gasteiger partial charge in [0.25, 0.3) is 0 Å². The Labute approximate surface area is 105 Å². The minimum atomic E-state index is -3.49. The van der Waals surface area contributed by atoms with Gasteiger partial charge in [-0.05, 0) is 13.8 Å². The van der Waals surface area contributed by atoms with E-state index in [0.29, 0.717) is 31.4 Å². The third-order valence-corrected chi connectivity index (χ3v) is 5.17. The van der Waals surface area contributed by atoms with Crippen LogP contribution in [0, 0.1) is 13.8 Å². The van der Waals surface area contributed by atoms with Crippen molar-refractivity contribution in [1.29, 1.82) is 0 Å². The van der Waals surface area contributed by atoms with Gasteiger partial charge in [-0.1, -0.05) is 0 Å². The zero-order valence-electron chi connectivity index (χ0n) is 9.76. The molecule has 17 heavy (non-hydrogen) atoms. The van der Waals surface area contributed by atoms with E-state index in [4.69, 9.17) is 4.74 Å². The zero-order chi connectivity index (χ0) is 12.5. The van der Waals surface area contributed by atoms with Crippen LogP contribution in [0.4, 0.5) is 5.13 Å². The third kappa shape index (κ3) is 2.95. The van der Waals surface area contributed by atoms with Gasteiger partial charge in [0, 0.05) is 18.0 Å². The van der Waals surface area contributed by atoms with Crippen molar-refractivity contribution < 1.29 is 13.2 Å². The molecular formula is C9H15N3O3S2. The molecule has 1 N–H and O–H groups in total. The second-order valence-corrected chi connectivity index (χ2v) is 6.65. The number of aryl methyl sites for hydroxylation is 2. The van der Waals surface area contributed by atoms with Gasteiger partial charge >= 0.3 is 10.2 Å². The number of rotatable bonds is 3. The lowest BCUT2D eigenvalue weighted by atomic mass is 10.4. The van der Waals surface area contributed by atoms with Gasteiger partial charge in [-0.25, -0.2) is 9.71 Å². The predicted octanol–water partition coefficient (Wildman–Crippen LogP) is 0.749. The molecule has 2 heterocycles. The molecule has 1 aliphatic rings. The van der Waals surface area contributed by atoms with Crippen molar-refractivity contribution in [2.45, 2.75) is 13.8 Å². The Kier molecular flexibility index (Phi) is 3.67. The van der Waals surface area contributed by atoms with Gasteiger partial charge in [0.1, 0.15) is 0 Å². The summed E-state index contributed by atoms with van der Waals surface area (Å²) in [6.07, 6.45) is 0. The molecular weight excluding hydrogens is 262 g/mol. The highest BCUT2D eigenvalue weighted by Crippen LogP contribution is 2.22. The van der Waals surface area contributed by atoms with Crippen molar-refractivity contribution in [2.24, 2.45) is 0 Å². The fourth-order valence-corrected chi connectivity index (χ4v) is 3.65. The van der Waals surface area contributed by atoms with Crippen LogP contribution in [0.15, 0.2) is 0 Å². The van der Waals surface area contributed by atoms with E-state index in [2.05, 4.69) is 9.71 Å². The Hall–Kier alpha value is -0.700. The first-order chi connectivity index (χ1) is 7.99. The van der Waals surface area contributed by atoms with E-state index in [0.717, 1.165) is 10.6 Å². The normalized spacial score (nSPS) is 18.2. The first-order valence-electron chi connectivity index (χ1n) is 5.29. The molecule has 0 spiro atoms. The number of thiazole rings is 1. The van der Waals surface area contributed by atoms with E-state index in [1.165, 1.54) is 15.6 Å². The Morgan fingerprint density at radius 2 is 2.00 bits per heavy atom. The molecule has 0 unspecified atom stereocenters. The number of anilines is 1. The number of nitrogens with one attached hydrogen (secondary N) is 1. The summed E-state index contributed by atoms with van der Waals surface area (Å²) in [6.45, 7) is 5.43. The lowest BCUT2D eigenvalue weighted by Gasteiger charge is -2.25. The first-order valence-corrected chi connectivity index (χ1v) is 7.54. The van der Waals surface area contributed by atoms with Crippen LogP contribution in [0.25, 0.3) is 0 Å². The molecule has 0 aromatic carbocycles. The highest BCUT2D eigenvalue weighted by molar-refractivity contribution is 7.90. The van der Waals surface area contributed by atoms with E-state index in [-0.39, 0.29) is 0 Å². The average molecular weight is 277 g/mol. The smallest absolute Gasteiger partial charge is 0.303 e. The monoisotopic (exact) mass is 277 g/mol. The fourth-order valence-electron chi connectivity index (χ4n) is 1.48. The van der Waals surface area contributed by atoms with Crippen molar-refractivity contribution in [3.05, 3.63) is 10.6 Å². The summed E-state index contributed by atoms with van der Waals surface area (Å²) in [5, 5.41) is 0.423. The van der Waals surface area contributed by atoms with E-state index in [1.807, 2.05) is 13.8 Å². The summed E-state index contributed by atoms with van der Waals surface area (Å²) in [4.78, 5) is 5.18. The van der Waals surface area contributed by atoms with Crippen LogP contribution in [0.1, 0.15) is 10.6 Å². The molecule has 6 nitrogen and oxygen atoms in total. The van der Waals surface area contributed by atoms with E-state index < -0.39 is 10.2 Å². The van der Waals surface area contributed by atoms with Crippen LogP contribution in [0.2, 0.25) is 0 Å². The quantitative estimate of drug-likeness (QED) is 0.885. The number of ether oxygens (including phenoxy) is 1. The SMILES string of the molecule is Cc1nc(NS(=O)(=O)N2CCOCC2)sc1C. The zero-order valence-corrected chi connectivity index (χ0v) is 11.4. The molecule has 0 amide bonds. The maximum Gasteiger partial charge on any atom is 0.303 e. The van der Waals surface area contributed by atoms with Crippen molar-refractivity contribution in [1.82, 2.24) is 9.29 Å². The van der Waals surface area contributed by atoms with Crippen molar-refractivity contribution in [2.75, 3.05) is 31.0 Å². The molecule has 0 radical (unpaired) electrons. The number of nitrogens with zero attached hydrogens (tertiary/aromatic N) is 2. The Balaban J connectivity index is 2.11. The number of morpholine rings is 1. The summed E-state index contributed by atoms with van der Waals surface area (Å²) in [6, 6.07) is 0. The van der Waals surface area contributed by atoms with Gasteiger partial charge in [0.05, 0.1) is 18.9 Å². The second kappa shape index (κ2) is 4.89. The molecule has 1 aliphatic heterocycles. The topological polar surface area (TPSA) is 71.5 Å². The molecule has 96 valence electrons. The maximum absolute atomic E-state index is 12.0. The second-order valence-electron chi connectivity index (χ2n) is 3.78. The van der Waals surface area contributed by atoms with Crippen molar-refractivity contribution >= 4 is 26.7 Å². The molecule has 0 bridgehead atoms. The summed E-state index contributed by atoms with van der Waals surface area (Å²) < 4.78 is 33.0. The minimum Gasteiger partial charge on any atom is -0.379 e.